The Bertz CT molecular complexity index is 144. The van der Waals surface area contributed by atoms with Crippen molar-refractivity contribution in [2.24, 2.45) is 0 Å². The summed E-state index contributed by atoms with van der Waals surface area (Å²) in [5, 5.41) is 0. The van der Waals surface area contributed by atoms with Crippen molar-refractivity contribution < 1.29 is 51.4 Å². The molecule has 4 heteroatoms. The van der Waals surface area contributed by atoms with Gasteiger partial charge in [0, 0.05) is 13.1 Å². The van der Waals surface area contributed by atoms with Gasteiger partial charge in [0.15, 0.2) is 0 Å². The Morgan fingerprint density at radius 1 is 1.00 bits per heavy atom. The van der Waals surface area contributed by atoms with Gasteiger partial charge < -0.3 is 29.7 Å². The second-order valence-corrected chi connectivity index (χ2v) is 4.70. The van der Waals surface area contributed by atoms with Crippen LogP contribution in [0.15, 0.2) is 0 Å². The topological polar surface area (TPSA) is 3.24 Å². The van der Waals surface area contributed by atoms with Crippen LogP contribution in [0.2, 0.25) is 0 Å². The molecule has 0 fully saturated rings. The largest absolute Gasteiger partial charge is 1.00 e. The Balaban J connectivity index is 0. The summed E-state index contributed by atoms with van der Waals surface area (Å²) in [5.41, 5.74) is 0. The molecule has 0 heterocycles. The number of unbranched alkanes of at least 4 members (excludes halogenated alkanes) is 4. The molecule has 0 bridgehead atoms. The van der Waals surface area contributed by atoms with Gasteiger partial charge in [0.05, 0.1) is 0 Å². The average molecular weight is 272 g/mol. The molecule has 0 aromatic rings. The molecule has 0 rings (SSSR count). The fourth-order valence-corrected chi connectivity index (χ4v) is 1.76. The van der Waals surface area contributed by atoms with E-state index in [1.807, 2.05) is 0 Å². The maximum Gasteiger partial charge on any atom is 1.00 e. The van der Waals surface area contributed by atoms with E-state index in [0.29, 0.717) is 4.32 Å². The summed E-state index contributed by atoms with van der Waals surface area (Å²) < 4.78 is 0.650. The molecule has 15 heavy (non-hydrogen) atoms. The molecular formula is C11H22KNS2. The van der Waals surface area contributed by atoms with Gasteiger partial charge in [-0.1, -0.05) is 43.9 Å². The first-order chi connectivity index (χ1) is 6.72. The molecule has 0 aliphatic heterocycles. The Kier molecular flexibility index (Phi) is 17.6. The van der Waals surface area contributed by atoms with Crippen molar-refractivity contribution in [2.75, 3.05) is 13.1 Å². The molecule has 0 saturated heterocycles. The van der Waals surface area contributed by atoms with E-state index in [0.717, 1.165) is 13.1 Å². The SMILES string of the molecule is CCCCCN(CCCCC)C(=S)[S-].[K+]. The number of hydrogen-bond acceptors (Lipinski definition) is 2. The monoisotopic (exact) mass is 271 g/mol. The van der Waals surface area contributed by atoms with Crippen molar-refractivity contribution in [1.29, 1.82) is 0 Å². The number of nitrogens with zero attached hydrogens (tertiary/aromatic N) is 1. The van der Waals surface area contributed by atoms with Crippen molar-refractivity contribution in [3.63, 3.8) is 0 Å². The number of thiocarbonyl (C=S) groups is 1. The Morgan fingerprint density at radius 2 is 1.40 bits per heavy atom. The van der Waals surface area contributed by atoms with Crippen LogP contribution in [0.1, 0.15) is 52.4 Å². The predicted octanol–water partition coefficient (Wildman–Crippen LogP) is 0.505. The van der Waals surface area contributed by atoms with Crippen LogP contribution in [0, 0.1) is 0 Å². The standard InChI is InChI=1S/C11H23NS2.K/c1-3-5-7-9-12(11(13)14)10-8-6-4-2;/h3-10H2,1-2H3,(H,13,14);/q;+1/p-1. The van der Waals surface area contributed by atoms with Crippen molar-refractivity contribution in [3.8, 4) is 0 Å². The van der Waals surface area contributed by atoms with Gasteiger partial charge in [0.1, 0.15) is 0 Å². The van der Waals surface area contributed by atoms with E-state index in [2.05, 4.69) is 18.7 Å². The summed E-state index contributed by atoms with van der Waals surface area (Å²) in [4.78, 5) is 2.18. The minimum atomic E-state index is 0. The number of hydrogen-bond donors (Lipinski definition) is 0. The smallest absolute Gasteiger partial charge is 0.411 e. The molecule has 0 radical (unpaired) electrons. The summed E-state index contributed by atoms with van der Waals surface area (Å²) in [6.07, 6.45) is 7.52. The Morgan fingerprint density at radius 3 is 1.67 bits per heavy atom. The van der Waals surface area contributed by atoms with Gasteiger partial charge in [-0.05, 0) is 12.8 Å². The predicted molar refractivity (Wildman–Crippen MR) is 70.6 cm³/mol. The third kappa shape index (κ3) is 12.0. The van der Waals surface area contributed by atoms with Crippen molar-refractivity contribution in [1.82, 2.24) is 4.90 Å². The van der Waals surface area contributed by atoms with Crippen LogP contribution < -0.4 is 51.4 Å². The van der Waals surface area contributed by atoms with Gasteiger partial charge >= 0.3 is 51.4 Å². The normalized spacial score (nSPS) is 9.47. The van der Waals surface area contributed by atoms with E-state index >= 15 is 0 Å². The minimum absolute atomic E-state index is 0. The fraction of sp³-hybridized carbons (Fsp3) is 0.909. The van der Waals surface area contributed by atoms with Crippen molar-refractivity contribution in [3.05, 3.63) is 0 Å². The molecular weight excluding hydrogens is 249 g/mol. The molecule has 0 saturated carbocycles. The molecule has 0 N–H and O–H groups in total. The summed E-state index contributed by atoms with van der Waals surface area (Å²) in [7, 11) is 0. The number of rotatable bonds is 8. The second kappa shape index (κ2) is 13.8. The van der Waals surface area contributed by atoms with Crippen LogP contribution in [0.5, 0.6) is 0 Å². The van der Waals surface area contributed by atoms with E-state index < -0.39 is 0 Å². The minimum Gasteiger partial charge on any atom is -0.411 e. The molecule has 0 spiro atoms. The van der Waals surface area contributed by atoms with Gasteiger partial charge in [-0.2, -0.15) is 0 Å². The quantitative estimate of drug-likeness (QED) is 0.274. The van der Waals surface area contributed by atoms with Crippen LogP contribution in [0.25, 0.3) is 0 Å². The Hall–Kier alpha value is 1.75. The molecule has 1 nitrogen and oxygen atoms in total. The zero-order valence-corrected chi connectivity index (χ0v) is 15.2. The van der Waals surface area contributed by atoms with E-state index in [9.17, 15) is 0 Å². The second-order valence-electron chi connectivity index (χ2n) is 3.67. The summed E-state index contributed by atoms with van der Waals surface area (Å²) >= 11 is 10.1. The molecule has 0 unspecified atom stereocenters. The van der Waals surface area contributed by atoms with Crippen LogP contribution in [-0.4, -0.2) is 22.3 Å². The maximum atomic E-state index is 5.06. The van der Waals surface area contributed by atoms with Gasteiger partial charge in [-0.25, -0.2) is 0 Å². The Labute approximate surface area is 149 Å². The van der Waals surface area contributed by atoms with Crippen molar-refractivity contribution in [2.45, 2.75) is 52.4 Å². The average Bonchev–Trinajstić information content (AvgIpc) is 2.15. The molecule has 0 aliphatic rings. The zero-order chi connectivity index (χ0) is 10.8. The van der Waals surface area contributed by atoms with E-state index in [4.69, 9.17) is 24.8 Å². The summed E-state index contributed by atoms with van der Waals surface area (Å²) in [6.45, 7) is 6.54. The van der Waals surface area contributed by atoms with Gasteiger partial charge in [0.25, 0.3) is 0 Å². The van der Waals surface area contributed by atoms with Crippen LogP contribution in [-0.2, 0) is 12.6 Å². The van der Waals surface area contributed by atoms with Gasteiger partial charge in [-0.3, -0.25) is 0 Å². The molecule has 0 aromatic carbocycles. The van der Waals surface area contributed by atoms with Crippen molar-refractivity contribution >= 4 is 29.2 Å². The molecule has 0 atom stereocenters. The zero-order valence-electron chi connectivity index (χ0n) is 10.4. The van der Waals surface area contributed by atoms with Crippen LogP contribution in [0.3, 0.4) is 0 Å². The molecule has 0 aromatic heterocycles. The molecule has 0 amide bonds. The van der Waals surface area contributed by atoms with Crippen LogP contribution >= 0.6 is 12.2 Å². The van der Waals surface area contributed by atoms with E-state index in [1.165, 1.54) is 38.5 Å². The van der Waals surface area contributed by atoms with Gasteiger partial charge in [0.2, 0.25) is 0 Å². The third-order valence-electron chi connectivity index (χ3n) is 2.32. The first-order valence-electron chi connectivity index (χ1n) is 5.68. The first-order valence-corrected chi connectivity index (χ1v) is 6.50. The van der Waals surface area contributed by atoms with Gasteiger partial charge in [-0.15, -0.1) is 0 Å². The third-order valence-corrected chi connectivity index (χ3v) is 2.84. The van der Waals surface area contributed by atoms with E-state index in [-0.39, 0.29) is 51.4 Å². The molecule has 84 valence electrons. The maximum absolute atomic E-state index is 5.06. The first kappa shape index (κ1) is 19.1. The van der Waals surface area contributed by atoms with E-state index in [1.54, 1.807) is 0 Å². The summed E-state index contributed by atoms with van der Waals surface area (Å²) in [5.74, 6) is 0. The fourth-order valence-electron chi connectivity index (χ4n) is 1.40. The summed E-state index contributed by atoms with van der Waals surface area (Å²) in [6, 6.07) is 0. The van der Waals surface area contributed by atoms with Crippen LogP contribution in [0.4, 0.5) is 0 Å². The molecule has 0 aliphatic carbocycles.